The first-order chi connectivity index (χ1) is 8.44. The maximum Gasteiger partial charge on any atom is 0.208 e. The highest BCUT2D eigenvalue weighted by Gasteiger charge is 2.22. The maximum atomic E-state index is 12.4. The molecule has 0 atom stereocenters. The van der Waals surface area contributed by atoms with Crippen molar-refractivity contribution in [3.05, 3.63) is 58.1 Å². The lowest BCUT2D eigenvalue weighted by Gasteiger charge is -2.09. The lowest BCUT2D eigenvalue weighted by molar-refractivity contribution is 0.596. The molecule has 0 fully saturated rings. The maximum absolute atomic E-state index is 12.4. The SMILES string of the molecule is Cc1c(Cl)ccc(S(=O)(=O)c2ccccc2)c1Cl. The van der Waals surface area contributed by atoms with Crippen molar-refractivity contribution in [2.45, 2.75) is 16.7 Å². The summed E-state index contributed by atoms with van der Waals surface area (Å²) >= 11 is 12.0. The first-order valence-electron chi connectivity index (χ1n) is 5.19. The van der Waals surface area contributed by atoms with Gasteiger partial charge in [0.2, 0.25) is 9.84 Å². The predicted molar refractivity (Wildman–Crippen MR) is 73.1 cm³/mol. The van der Waals surface area contributed by atoms with E-state index in [2.05, 4.69) is 0 Å². The minimum absolute atomic E-state index is 0.0808. The Morgan fingerprint density at radius 1 is 0.944 bits per heavy atom. The number of rotatable bonds is 2. The van der Waals surface area contributed by atoms with Crippen molar-refractivity contribution >= 4 is 33.0 Å². The number of hydrogen-bond acceptors (Lipinski definition) is 2. The van der Waals surface area contributed by atoms with Gasteiger partial charge in [-0.3, -0.25) is 0 Å². The Kier molecular flexibility index (Phi) is 3.66. The Balaban J connectivity index is 2.67. The van der Waals surface area contributed by atoms with Gasteiger partial charge in [0.1, 0.15) is 0 Å². The third-order valence-electron chi connectivity index (χ3n) is 2.63. The van der Waals surface area contributed by atoms with Gasteiger partial charge in [-0.15, -0.1) is 0 Å². The number of halogens is 2. The highest BCUT2D eigenvalue weighted by Crippen LogP contribution is 2.33. The number of hydrogen-bond donors (Lipinski definition) is 0. The van der Waals surface area contributed by atoms with E-state index in [1.165, 1.54) is 18.2 Å². The number of benzene rings is 2. The van der Waals surface area contributed by atoms with Crippen LogP contribution in [0.15, 0.2) is 52.3 Å². The molecule has 0 radical (unpaired) electrons. The molecule has 0 aromatic heterocycles. The Bertz CT molecular complexity index is 680. The Labute approximate surface area is 116 Å². The molecule has 0 saturated heterocycles. The Morgan fingerprint density at radius 2 is 1.56 bits per heavy atom. The van der Waals surface area contributed by atoms with Crippen molar-refractivity contribution in [3.8, 4) is 0 Å². The molecule has 2 aromatic carbocycles. The summed E-state index contributed by atoms with van der Waals surface area (Å²) in [7, 11) is -3.60. The molecule has 0 aliphatic heterocycles. The largest absolute Gasteiger partial charge is 0.218 e. The summed E-state index contributed by atoms with van der Waals surface area (Å²) in [6.07, 6.45) is 0. The Morgan fingerprint density at radius 3 is 2.17 bits per heavy atom. The molecule has 5 heteroatoms. The second kappa shape index (κ2) is 4.92. The van der Waals surface area contributed by atoms with Gasteiger partial charge in [0.15, 0.2) is 0 Å². The topological polar surface area (TPSA) is 34.1 Å². The first kappa shape index (κ1) is 13.4. The van der Waals surface area contributed by atoms with Crippen LogP contribution in [0.4, 0.5) is 0 Å². The molecule has 0 amide bonds. The zero-order chi connectivity index (χ0) is 13.3. The molecule has 18 heavy (non-hydrogen) atoms. The van der Waals surface area contributed by atoms with E-state index >= 15 is 0 Å². The highest BCUT2D eigenvalue weighted by atomic mass is 35.5. The summed E-state index contributed by atoms with van der Waals surface area (Å²) in [5.41, 5.74) is 0.565. The van der Waals surface area contributed by atoms with Gasteiger partial charge in [-0.2, -0.15) is 0 Å². The first-order valence-corrected chi connectivity index (χ1v) is 7.43. The molecule has 0 aliphatic carbocycles. The van der Waals surface area contributed by atoms with Crippen molar-refractivity contribution in [2.75, 3.05) is 0 Å². The fourth-order valence-electron chi connectivity index (χ4n) is 1.57. The molecule has 94 valence electrons. The van der Waals surface area contributed by atoms with Crippen LogP contribution in [0.1, 0.15) is 5.56 Å². The zero-order valence-electron chi connectivity index (χ0n) is 9.52. The predicted octanol–water partition coefficient (Wildman–Crippen LogP) is 4.13. The molecule has 0 unspecified atom stereocenters. The van der Waals surface area contributed by atoms with Crippen molar-refractivity contribution in [2.24, 2.45) is 0 Å². The van der Waals surface area contributed by atoms with E-state index in [-0.39, 0.29) is 14.8 Å². The molecule has 0 bridgehead atoms. The highest BCUT2D eigenvalue weighted by molar-refractivity contribution is 7.91. The van der Waals surface area contributed by atoms with E-state index in [1.807, 2.05) is 0 Å². The molecule has 2 nitrogen and oxygen atoms in total. The third kappa shape index (κ3) is 2.26. The van der Waals surface area contributed by atoms with E-state index in [0.717, 1.165) is 0 Å². The minimum Gasteiger partial charge on any atom is -0.218 e. The third-order valence-corrected chi connectivity index (χ3v) is 5.45. The summed E-state index contributed by atoms with van der Waals surface area (Å²) in [4.78, 5) is 0.297. The van der Waals surface area contributed by atoms with Gasteiger partial charge in [-0.05, 0) is 36.8 Å². The van der Waals surface area contributed by atoms with E-state index in [9.17, 15) is 8.42 Å². The van der Waals surface area contributed by atoms with Gasteiger partial charge in [0.05, 0.1) is 14.8 Å². The fourth-order valence-corrected chi connectivity index (χ4v) is 3.65. The van der Waals surface area contributed by atoms with Crippen molar-refractivity contribution in [1.29, 1.82) is 0 Å². The zero-order valence-corrected chi connectivity index (χ0v) is 11.9. The summed E-state index contributed by atoms with van der Waals surface area (Å²) in [6, 6.07) is 11.1. The van der Waals surface area contributed by atoms with Crippen LogP contribution in [-0.4, -0.2) is 8.42 Å². The minimum atomic E-state index is -3.60. The lowest BCUT2D eigenvalue weighted by Crippen LogP contribution is -2.03. The molecule has 2 rings (SSSR count). The van der Waals surface area contributed by atoms with Crippen LogP contribution in [0.25, 0.3) is 0 Å². The van der Waals surface area contributed by atoms with Crippen molar-refractivity contribution < 1.29 is 8.42 Å². The molecular weight excluding hydrogens is 291 g/mol. The average Bonchev–Trinajstić information content (AvgIpc) is 2.37. The van der Waals surface area contributed by atoms with E-state index < -0.39 is 9.84 Å². The molecule has 0 saturated carbocycles. The molecular formula is C13H10Cl2O2S. The fraction of sp³-hybridized carbons (Fsp3) is 0.0769. The van der Waals surface area contributed by atoms with Gasteiger partial charge < -0.3 is 0 Å². The van der Waals surface area contributed by atoms with Gasteiger partial charge >= 0.3 is 0 Å². The summed E-state index contributed by atoms with van der Waals surface area (Å²) < 4.78 is 24.8. The number of sulfone groups is 1. The molecule has 0 N–H and O–H groups in total. The summed E-state index contributed by atoms with van der Waals surface area (Å²) in [6.45, 7) is 1.69. The van der Waals surface area contributed by atoms with Gasteiger partial charge in [-0.25, -0.2) is 8.42 Å². The molecule has 2 aromatic rings. The van der Waals surface area contributed by atoms with E-state index in [4.69, 9.17) is 23.2 Å². The van der Waals surface area contributed by atoms with Crippen molar-refractivity contribution in [3.63, 3.8) is 0 Å². The average molecular weight is 301 g/mol. The van der Waals surface area contributed by atoms with Crippen LogP contribution in [0.3, 0.4) is 0 Å². The monoisotopic (exact) mass is 300 g/mol. The van der Waals surface area contributed by atoms with E-state index in [1.54, 1.807) is 31.2 Å². The summed E-state index contributed by atoms with van der Waals surface area (Å²) in [5.74, 6) is 0. The van der Waals surface area contributed by atoms with Crippen LogP contribution >= 0.6 is 23.2 Å². The van der Waals surface area contributed by atoms with Crippen molar-refractivity contribution in [1.82, 2.24) is 0 Å². The van der Waals surface area contributed by atoms with Crippen LogP contribution in [-0.2, 0) is 9.84 Å². The second-order valence-electron chi connectivity index (χ2n) is 3.80. The molecule has 0 aliphatic rings. The van der Waals surface area contributed by atoms with Crippen LogP contribution < -0.4 is 0 Å². The van der Waals surface area contributed by atoms with Crippen LogP contribution in [0.2, 0.25) is 10.0 Å². The normalized spacial score (nSPS) is 11.5. The quantitative estimate of drug-likeness (QED) is 0.835. The Hall–Kier alpha value is -1.03. The molecule has 0 heterocycles. The lowest BCUT2D eigenvalue weighted by atomic mass is 10.2. The van der Waals surface area contributed by atoms with Gasteiger partial charge in [0.25, 0.3) is 0 Å². The standard InChI is InChI=1S/C13H10Cl2O2S/c1-9-11(14)7-8-12(13(9)15)18(16,17)10-5-3-2-4-6-10/h2-8H,1H3. The van der Waals surface area contributed by atoms with Crippen LogP contribution in [0.5, 0.6) is 0 Å². The van der Waals surface area contributed by atoms with Crippen LogP contribution in [0, 0.1) is 6.92 Å². The van der Waals surface area contributed by atoms with Gasteiger partial charge in [0, 0.05) is 5.02 Å². The molecule has 0 spiro atoms. The summed E-state index contributed by atoms with van der Waals surface area (Å²) in [5, 5.41) is 0.623. The smallest absolute Gasteiger partial charge is 0.208 e. The van der Waals surface area contributed by atoms with E-state index in [0.29, 0.717) is 10.6 Å². The van der Waals surface area contributed by atoms with Gasteiger partial charge in [-0.1, -0.05) is 41.4 Å². The second-order valence-corrected chi connectivity index (χ2v) is 6.50.